The largest absolute Gasteiger partial charge is 0.268 e. The summed E-state index contributed by atoms with van der Waals surface area (Å²) in [6.45, 7) is 17.6. The molecule has 1 aliphatic carbocycles. The molecule has 1 heterocycles. The normalized spacial score (nSPS) is 20.1. The van der Waals surface area contributed by atoms with Crippen LogP contribution in [-0.2, 0) is 9.59 Å². The van der Waals surface area contributed by atoms with Crippen molar-refractivity contribution in [3.63, 3.8) is 0 Å². The van der Waals surface area contributed by atoms with Gasteiger partial charge in [-0.3, -0.25) is 9.59 Å². The maximum absolute atomic E-state index is 13.3. The topological polar surface area (TPSA) is 37.4 Å². The minimum Gasteiger partial charge on any atom is -0.268 e. The van der Waals surface area contributed by atoms with Crippen LogP contribution in [0.25, 0.3) is 0 Å². The van der Waals surface area contributed by atoms with Gasteiger partial charge in [-0.15, -0.1) is 0 Å². The van der Waals surface area contributed by atoms with Crippen LogP contribution in [0.15, 0.2) is 95.8 Å². The van der Waals surface area contributed by atoms with Gasteiger partial charge in [0.25, 0.3) is 11.8 Å². The van der Waals surface area contributed by atoms with Gasteiger partial charge in [0.1, 0.15) is 0 Å². The van der Waals surface area contributed by atoms with Gasteiger partial charge in [0.2, 0.25) is 0 Å². The first-order valence-electron chi connectivity index (χ1n) is 10.7. The lowest BCUT2D eigenvalue weighted by Gasteiger charge is -2.33. The number of carbonyl (C=O) groups excluding carboxylic acids is 2. The first-order chi connectivity index (χ1) is 14.4. The monoisotopic (exact) mass is 403 g/mol. The minimum absolute atomic E-state index is 0.294. The predicted molar refractivity (Wildman–Crippen MR) is 125 cm³/mol. The number of nitrogens with zero attached hydrogens (tertiary/aromatic N) is 1. The van der Waals surface area contributed by atoms with Crippen molar-refractivity contribution in [2.75, 3.05) is 0 Å². The second-order valence-corrected chi connectivity index (χ2v) is 7.60. The first kappa shape index (κ1) is 23.3. The molecule has 2 fully saturated rings. The standard InChI is InChI=1S/C27H33NO2/c1-7-14-22(15-8-2)28-26(29)19(5)25(20(6)27(28)30)24(16-9-3)23(10-4)21-17-12-11-13-18-21/h7-10,14-16,21H,1,5-6,11-13,17-18H2,2-4H3/b15-8-,16-9-,22-14+,23-10-. The molecule has 0 spiro atoms. The molecule has 30 heavy (non-hydrogen) atoms. The molecule has 0 radical (unpaired) electrons. The van der Waals surface area contributed by atoms with Gasteiger partial charge in [0, 0.05) is 16.7 Å². The van der Waals surface area contributed by atoms with E-state index in [4.69, 9.17) is 0 Å². The smallest absolute Gasteiger partial charge is 0.265 e. The molecule has 158 valence electrons. The fourth-order valence-corrected chi connectivity index (χ4v) is 4.33. The molecule has 2 aliphatic rings. The zero-order valence-corrected chi connectivity index (χ0v) is 18.5. The lowest BCUT2D eigenvalue weighted by Crippen LogP contribution is -2.42. The molecule has 1 aliphatic heterocycles. The van der Waals surface area contributed by atoms with Crippen molar-refractivity contribution in [3.05, 3.63) is 95.8 Å². The van der Waals surface area contributed by atoms with Gasteiger partial charge in [-0.25, -0.2) is 4.90 Å². The van der Waals surface area contributed by atoms with Crippen LogP contribution in [0.4, 0.5) is 0 Å². The van der Waals surface area contributed by atoms with Crippen LogP contribution in [0.2, 0.25) is 0 Å². The summed E-state index contributed by atoms with van der Waals surface area (Å²) < 4.78 is 0. The Kier molecular flexibility index (Phi) is 8.35. The van der Waals surface area contributed by atoms with E-state index in [0.29, 0.717) is 28.3 Å². The summed E-state index contributed by atoms with van der Waals surface area (Å²) in [6.07, 6.45) is 18.6. The van der Waals surface area contributed by atoms with Crippen LogP contribution in [0.3, 0.4) is 0 Å². The molecule has 0 unspecified atom stereocenters. The Labute approximate surface area is 181 Å². The van der Waals surface area contributed by atoms with Gasteiger partial charge in [0.15, 0.2) is 0 Å². The molecule has 3 nitrogen and oxygen atoms in total. The van der Waals surface area contributed by atoms with E-state index in [-0.39, 0.29) is 0 Å². The number of imide groups is 1. The second-order valence-electron chi connectivity index (χ2n) is 7.60. The Balaban J connectivity index is 2.63. The molecule has 0 aromatic carbocycles. The predicted octanol–water partition coefficient (Wildman–Crippen LogP) is 6.51. The van der Waals surface area contributed by atoms with Crippen LogP contribution in [-0.4, -0.2) is 16.7 Å². The Morgan fingerprint density at radius 1 is 0.933 bits per heavy atom. The summed E-state index contributed by atoms with van der Waals surface area (Å²) in [5.74, 6) is -0.421. The molecular weight excluding hydrogens is 370 g/mol. The third-order valence-electron chi connectivity index (χ3n) is 5.68. The fourth-order valence-electron chi connectivity index (χ4n) is 4.33. The molecule has 0 atom stereocenters. The molecule has 2 rings (SSSR count). The molecule has 0 aromatic heterocycles. The zero-order chi connectivity index (χ0) is 22.3. The van der Waals surface area contributed by atoms with Crippen molar-refractivity contribution in [2.24, 2.45) is 5.92 Å². The summed E-state index contributed by atoms with van der Waals surface area (Å²) in [7, 11) is 0. The summed E-state index contributed by atoms with van der Waals surface area (Å²) >= 11 is 0. The molecule has 0 bridgehead atoms. The van der Waals surface area contributed by atoms with Gasteiger partial charge in [-0.05, 0) is 62.8 Å². The van der Waals surface area contributed by atoms with Crippen molar-refractivity contribution in [2.45, 2.75) is 52.9 Å². The lowest BCUT2D eigenvalue weighted by molar-refractivity contribution is -0.138. The van der Waals surface area contributed by atoms with Gasteiger partial charge in [-0.1, -0.05) is 69.4 Å². The highest BCUT2D eigenvalue weighted by atomic mass is 16.2. The van der Waals surface area contributed by atoms with Crippen molar-refractivity contribution in [1.82, 2.24) is 4.90 Å². The van der Waals surface area contributed by atoms with Gasteiger partial charge >= 0.3 is 0 Å². The molecular formula is C27H33NO2. The van der Waals surface area contributed by atoms with Crippen LogP contribution in [0.1, 0.15) is 52.9 Å². The molecule has 0 aromatic rings. The van der Waals surface area contributed by atoms with Crippen LogP contribution in [0.5, 0.6) is 0 Å². The third-order valence-corrected chi connectivity index (χ3v) is 5.68. The van der Waals surface area contributed by atoms with E-state index in [1.807, 2.05) is 32.9 Å². The molecule has 3 heteroatoms. The van der Waals surface area contributed by atoms with Crippen molar-refractivity contribution >= 4 is 11.8 Å². The van der Waals surface area contributed by atoms with E-state index >= 15 is 0 Å². The maximum Gasteiger partial charge on any atom is 0.265 e. The molecule has 1 saturated heterocycles. The lowest BCUT2D eigenvalue weighted by atomic mass is 9.77. The van der Waals surface area contributed by atoms with Crippen molar-refractivity contribution in [3.8, 4) is 0 Å². The second kappa shape index (κ2) is 10.7. The van der Waals surface area contributed by atoms with Crippen molar-refractivity contribution < 1.29 is 9.59 Å². The Hall–Kier alpha value is -2.94. The van der Waals surface area contributed by atoms with E-state index in [9.17, 15) is 9.59 Å². The number of carbonyl (C=O) groups is 2. The van der Waals surface area contributed by atoms with E-state index in [1.165, 1.54) is 24.8 Å². The first-order valence-corrected chi connectivity index (χ1v) is 10.7. The van der Waals surface area contributed by atoms with E-state index in [2.05, 4.69) is 25.8 Å². The molecule has 1 saturated carbocycles. The fraction of sp³-hybridized carbons (Fsp3) is 0.333. The highest BCUT2D eigenvalue weighted by molar-refractivity contribution is 6.21. The van der Waals surface area contributed by atoms with Crippen LogP contribution in [0, 0.1) is 5.92 Å². The average Bonchev–Trinajstić information content (AvgIpc) is 2.74. The Morgan fingerprint density at radius 2 is 1.50 bits per heavy atom. The van der Waals surface area contributed by atoms with E-state index < -0.39 is 11.8 Å². The zero-order valence-electron chi connectivity index (χ0n) is 18.5. The number of hydrogen-bond donors (Lipinski definition) is 0. The number of allylic oxidation sites excluding steroid dienone is 9. The number of likely N-dealkylation sites (tertiary alicyclic amines) is 1. The number of hydrogen-bond acceptors (Lipinski definition) is 2. The maximum atomic E-state index is 13.3. The average molecular weight is 404 g/mol. The summed E-state index contributed by atoms with van der Waals surface area (Å²) in [6, 6.07) is 0. The van der Waals surface area contributed by atoms with E-state index in [0.717, 1.165) is 23.3 Å². The summed E-state index contributed by atoms with van der Waals surface area (Å²) in [5, 5.41) is 0. The summed E-state index contributed by atoms with van der Waals surface area (Å²) in [4.78, 5) is 27.7. The highest BCUT2D eigenvalue weighted by Crippen LogP contribution is 2.40. The van der Waals surface area contributed by atoms with Gasteiger partial charge < -0.3 is 0 Å². The van der Waals surface area contributed by atoms with Crippen molar-refractivity contribution in [1.29, 1.82) is 0 Å². The molecule has 2 amide bonds. The SMILES string of the molecule is C=C/C=C(\C=C/C)N1C(=O)C(=C)C(=C(/C=C\C)/C(=C\C)C2CCCCC2)C(=C)C1=O. The van der Waals surface area contributed by atoms with Gasteiger partial charge in [0.05, 0.1) is 5.70 Å². The number of amides is 2. The number of rotatable bonds is 6. The Bertz CT molecular complexity index is 869. The quantitative estimate of drug-likeness (QED) is 0.288. The van der Waals surface area contributed by atoms with E-state index in [1.54, 1.807) is 24.3 Å². The van der Waals surface area contributed by atoms with Crippen LogP contribution >= 0.6 is 0 Å². The third kappa shape index (κ3) is 4.62. The summed E-state index contributed by atoms with van der Waals surface area (Å²) in [5.41, 5.74) is 3.68. The Morgan fingerprint density at radius 3 is 1.97 bits per heavy atom. The highest BCUT2D eigenvalue weighted by Gasteiger charge is 2.38. The minimum atomic E-state index is -0.422. The number of piperidine rings is 1. The molecule has 0 N–H and O–H groups in total. The van der Waals surface area contributed by atoms with Crippen LogP contribution < -0.4 is 0 Å². The van der Waals surface area contributed by atoms with Gasteiger partial charge in [-0.2, -0.15) is 0 Å².